The fraction of sp³-hybridized carbons (Fsp3) is 0.556. The summed E-state index contributed by atoms with van der Waals surface area (Å²) in [5.74, 6) is 1.64. The van der Waals surface area contributed by atoms with E-state index >= 15 is 0 Å². The van der Waals surface area contributed by atoms with Crippen LogP contribution in [0, 0.1) is 0 Å². The lowest BCUT2D eigenvalue weighted by atomic mass is 10.4. The molecular weight excluding hydrogens is 216 g/mol. The maximum absolute atomic E-state index is 5.48. The number of hydrogen-bond donors (Lipinski definition) is 1. The van der Waals surface area contributed by atoms with Gasteiger partial charge in [-0.1, -0.05) is 0 Å². The highest BCUT2D eigenvalue weighted by Gasteiger charge is 2.12. The predicted molar refractivity (Wildman–Crippen MR) is 60.2 cm³/mol. The van der Waals surface area contributed by atoms with Gasteiger partial charge >= 0.3 is 0 Å². The predicted octanol–water partition coefficient (Wildman–Crippen LogP) is 0.194. The quantitative estimate of drug-likeness (QED) is 0.786. The summed E-state index contributed by atoms with van der Waals surface area (Å²) in [5, 5.41) is 0. The van der Waals surface area contributed by atoms with Gasteiger partial charge in [0.2, 0.25) is 0 Å². The summed E-state index contributed by atoms with van der Waals surface area (Å²) in [7, 11) is 0. The van der Waals surface area contributed by atoms with E-state index < -0.39 is 0 Å². The molecule has 0 radical (unpaired) electrons. The number of morpholine rings is 1. The Morgan fingerprint density at radius 1 is 1.40 bits per heavy atom. The van der Waals surface area contributed by atoms with Gasteiger partial charge in [0.05, 0.1) is 19.8 Å². The van der Waals surface area contributed by atoms with Gasteiger partial charge in [-0.15, -0.1) is 12.4 Å². The minimum absolute atomic E-state index is 0. The van der Waals surface area contributed by atoms with Gasteiger partial charge in [0.25, 0.3) is 0 Å². The van der Waals surface area contributed by atoms with E-state index in [1.165, 1.54) is 0 Å². The Labute approximate surface area is 95.1 Å². The van der Waals surface area contributed by atoms with E-state index in [1.807, 2.05) is 6.07 Å². The average molecular weight is 231 g/mol. The first kappa shape index (κ1) is 12.2. The van der Waals surface area contributed by atoms with Crippen LogP contribution in [0.1, 0.15) is 5.82 Å². The number of aromatic nitrogens is 2. The van der Waals surface area contributed by atoms with Crippen molar-refractivity contribution in [1.29, 1.82) is 0 Å². The number of nitrogens with two attached hydrogens (primary N) is 1. The van der Waals surface area contributed by atoms with Gasteiger partial charge in [0.1, 0.15) is 11.6 Å². The van der Waals surface area contributed by atoms with Gasteiger partial charge in [-0.25, -0.2) is 9.97 Å². The Morgan fingerprint density at radius 2 is 2.13 bits per heavy atom. The van der Waals surface area contributed by atoms with Crippen molar-refractivity contribution in [3.8, 4) is 0 Å². The topological polar surface area (TPSA) is 64.3 Å². The monoisotopic (exact) mass is 230 g/mol. The first-order valence-electron chi connectivity index (χ1n) is 4.75. The zero-order valence-corrected chi connectivity index (χ0v) is 9.24. The lowest BCUT2D eigenvalue weighted by Crippen LogP contribution is -2.36. The third-order valence-corrected chi connectivity index (χ3v) is 2.21. The lowest BCUT2D eigenvalue weighted by molar-refractivity contribution is 0.122. The number of hydrogen-bond acceptors (Lipinski definition) is 5. The highest BCUT2D eigenvalue weighted by atomic mass is 35.5. The van der Waals surface area contributed by atoms with Crippen molar-refractivity contribution in [3.63, 3.8) is 0 Å². The maximum atomic E-state index is 5.48. The number of anilines is 1. The molecule has 1 fully saturated rings. The molecule has 0 atom stereocenters. The zero-order valence-electron chi connectivity index (χ0n) is 8.43. The zero-order chi connectivity index (χ0) is 9.80. The van der Waals surface area contributed by atoms with E-state index in [2.05, 4.69) is 14.9 Å². The molecule has 0 saturated carbocycles. The summed E-state index contributed by atoms with van der Waals surface area (Å²) in [4.78, 5) is 10.6. The van der Waals surface area contributed by atoms with Crippen LogP contribution in [0.5, 0.6) is 0 Å². The van der Waals surface area contributed by atoms with E-state index in [4.69, 9.17) is 10.5 Å². The van der Waals surface area contributed by atoms with Crippen molar-refractivity contribution < 1.29 is 4.74 Å². The Balaban J connectivity index is 0.00000112. The van der Waals surface area contributed by atoms with Gasteiger partial charge in [0, 0.05) is 19.3 Å². The summed E-state index contributed by atoms with van der Waals surface area (Å²) < 4.78 is 5.27. The molecule has 1 aliphatic rings. The van der Waals surface area contributed by atoms with Crippen LogP contribution >= 0.6 is 12.4 Å². The van der Waals surface area contributed by atoms with E-state index in [0.29, 0.717) is 12.4 Å². The molecule has 0 bridgehead atoms. The highest BCUT2D eigenvalue weighted by Crippen LogP contribution is 2.11. The second kappa shape index (κ2) is 5.85. The summed E-state index contributed by atoms with van der Waals surface area (Å²) in [6, 6.07) is 1.91. The fourth-order valence-corrected chi connectivity index (χ4v) is 1.46. The van der Waals surface area contributed by atoms with Crippen LogP contribution < -0.4 is 10.6 Å². The Morgan fingerprint density at radius 3 is 2.80 bits per heavy atom. The molecular formula is C9H15ClN4O. The van der Waals surface area contributed by atoms with Crippen molar-refractivity contribution in [2.24, 2.45) is 5.73 Å². The van der Waals surface area contributed by atoms with Gasteiger partial charge in [0.15, 0.2) is 0 Å². The Kier molecular flexibility index (Phi) is 4.74. The SMILES string of the molecule is Cl.NCc1nccc(N2CCOCC2)n1. The molecule has 2 heterocycles. The maximum Gasteiger partial charge on any atom is 0.144 e. The normalized spacial score (nSPS) is 15.9. The van der Waals surface area contributed by atoms with E-state index in [9.17, 15) is 0 Å². The van der Waals surface area contributed by atoms with Gasteiger partial charge in [-0.05, 0) is 6.07 Å². The van der Waals surface area contributed by atoms with Crippen molar-refractivity contribution in [2.45, 2.75) is 6.54 Å². The molecule has 0 aliphatic carbocycles. The smallest absolute Gasteiger partial charge is 0.144 e. The van der Waals surface area contributed by atoms with Crippen LogP contribution in [-0.2, 0) is 11.3 Å². The van der Waals surface area contributed by atoms with Crippen LogP contribution in [0.15, 0.2) is 12.3 Å². The molecule has 1 aromatic rings. The number of rotatable bonds is 2. The average Bonchev–Trinajstić information content (AvgIpc) is 2.30. The molecule has 1 aliphatic heterocycles. The standard InChI is InChI=1S/C9H14N4O.ClH/c10-7-8-11-2-1-9(12-8)13-3-5-14-6-4-13;/h1-2H,3-7,10H2;1H. The largest absolute Gasteiger partial charge is 0.378 e. The van der Waals surface area contributed by atoms with E-state index in [1.54, 1.807) is 6.20 Å². The van der Waals surface area contributed by atoms with Crippen molar-refractivity contribution in [1.82, 2.24) is 9.97 Å². The fourth-order valence-electron chi connectivity index (χ4n) is 1.46. The first-order valence-corrected chi connectivity index (χ1v) is 4.75. The molecule has 84 valence electrons. The summed E-state index contributed by atoms with van der Waals surface area (Å²) in [6.45, 7) is 3.70. The molecule has 1 saturated heterocycles. The minimum atomic E-state index is 0. The molecule has 6 heteroatoms. The number of nitrogens with zero attached hydrogens (tertiary/aromatic N) is 3. The molecule has 5 nitrogen and oxygen atoms in total. The molecule has 2 N–H and O–H groups in total. The van der Waals surface area contributed by atoms with Crippen LogP contribution in [0.3, 0.4) is 0 Å². The molecule has 2 rings (SSSR count). The number of halogens is 1. The van der Waals surface area contributed by atoms with E-state index in [-0.39, 0.29) is 12.4 Å². The lowest BCUT2D eigenvalue weighted by Gasteiger charge is -2.27. The van der Waals surface area contributed by atoms with Gasteiger partial charge in [-0.3, -0.25) is 0 Å². The minimum Gasteiger partial charge on any atom is -0.378 e. The Bertz CT molecular complexity index is 304. The molecule has 0 aromatic carbocycles. The molecule has 1 aromatic heterocycles. The molecule has 0 unspecified atom stereocenters. The second-order valence-corrected chi connectivity index (χ2v) is 3.13. The first-order chi connectivity index (χ1) is 6.90. The summed E-state index contributed by atoms with van der Waals surface area (Å²) in [5.41, 5.74) is 5.48. The van der Waals surface area contributed by atoms with Crippen LogP contribution in [0.4, 0.5) is 5.82 Å². The number of ether oxygens (including phenoxy) is 1. The van der Waals surface area contributed by atoms with Crippen molar-refractivity contribution in [3.05, 3.63) is 18.1 Å². The highest BCUT2D eigenvalue weighted by molar-refractivity contribution is 5.85. The van der Waals surface area contributed by atoms with Crippen molar-refractivity contribution >= 4 is 18.2 Å². The van der Waals surface area contributed by atoms with Crippen LogP contribution in [-0.4, -0.2) is 36.3 Å². The van der Waals surface area contributed by atoms with E-state index in [0.717, 1.165) is 32.1 Å². The third-order valence-electron chi connectivity index (χ3n) is 2.21. The summed E-state index contributed by atoms with van der Waals surface area (Å²) in [6.07, 6.45) is 1.75. The molecule has 0 amide bonds. The van der Waals surface area contributed by atoms with Gasteiger partial charge in [-0.2, -0.15) is 0 Å². The second-order valence-electron chi connectivity index (χ2n) is 3.13. The summed E-state index contributed by atoms with van der Waals surface area (Å²) >= 11 is 0. The van der Waals surface area contributed by atoms with Crippen LogP contribution in [0.25, 0.3) is 0 Å². The van der Waals surface area contributed by atoms with Gasteiger partial charge < -0.3 is 15.4 Å². The van der Waals surface area contributed by atoms with Crippen molar-refractivity contribution in [2.75, 3.05) is 31.2 Å². The Hall–Kier alpha value is -0.910. The molecule has 15 heavy (non-hydrogen) atoms. The van der Waals surface area contributed by atoms with Crippen LogP contribution in [0.2, 0.25) is 0 Å². The third kappa shape index (κ3) is 3.02. The molecule has 0 spiro atoms.